The zero-order chi connectivity index (χ0) is 37.0. The van der Waals surface area contributed by atoms with Gasteiger partial charge in [-0.3, -0.25) is 18.9 Å². The Balaban J connectivity index is 1.40. The molecule has 3 amide bonds. The Morgan fingerprint density at radius 2 is 1.73 bits per heavy atom. The number of furan rings is 1. The third-order valence-electron chi connectivity index (χ3n) is 8.70. The summed E-state index contributed by atoms with van der Waals surface area (Å²) < 4.78 is 23.0. The maximum atomic E-state index is 13.5. The van der Waals surface area contributed by atoms with Crippen LogP contribution in [0, 0.1) is 5.92 Å². The van der Waals surface area contributed by atoms with Gasteiger partial charge in [0.05, 0.1) is 36.1 Å². The van der Waals surface area contributed by atoms with Crippen molar-refractivity contribution in [2.75, 3.05) is 31.3 Å². The Kier molecular flexibility index (Phi) is 14.2. The SMILES string of the molecule is CCCCCC(C(=O)NCNC(=O)c1ccc(-c2cc(OCC)cc(P(=O)(O)O)c2)o1)[C@@H](CC)N(C=O)OC(=O)c1ccc(N2CCCC2)cc1. The zero-order valence-corrected chi connectivity index (χ0v) is 30.1. The number of hydroxylamine groups is 2. The van der Waals surface area contributed by atoms with Gasteiger partial charge in [0.1, 0.15) is 11.5 Å². The summed E-state index contributed by atoms with van der Waals surface area (Å²) in [5.74, 6) is -2.24. The number of hydrogen-bond donors (Lipinski definition) is 4. The second kappa shape index (κ2) is 18.5. The normalized spacial score (nSPS) is 14.0. The summed E-state index contributed by atoms with van der Waals surface area (Å²) in [4.78, 5) is 78.9. The molecule has 0 aliphatic carbocycles. The monoisotopic (exact) mass is 726 g/mol. The van der Waals surface area contributed by atoms with Gasteiger partial charge in [-0.15, -0.1) is 0 Å². The van der Waals surface area contributed by atoms with Gasteiger partial charge in [0.15, 0.2) is 5.76 Å². The van der Waals surface area contributed by atoms with Crippen LogP contribution in [0.2, 0.25) is 0 Å². The van der Waals surface area contributed by atoms with Crippen molar-refractivity contribution >= 4 is 42.8 Å². The van der Waals surface area contributed by atoms with Crippen molar-refractivity contribution in [2.45, 2.75) is 71.8 Å². The number of carbonyl (C=O) groups excluding carboxylic acids is 4. The van der Waals surface area contributed by atoms with E-state index in [1.165, 1.54) is 30.3 Å². The third kappa shape index (κ3) is 10.7. The van der Waals surface area contributed by atoms with Crippen molar-refractivity contribution in [3.8, 4) is 17.1 Å². The molecule has 15 heteroatoms. The highest BCUT2D eigenvalue weighted by molar-refractivity contribution is 7.60. The molecule has 1 saturated heterocycles. The van der Waals surface area contributed by atoms with Gasteiger partial charge in [-0.05, 0) is 87.2 Å². The molecule has 1 aliphatic rings. The first-order valence-corrected chi connectivity index (χ1v) is 18.9. The van der Waals surface area contributed by atoms with E-state index in [0.29, 0.717) is 31.2 Å². The number of ether oxygens (including phenoxy) is 1. The minimum absolute atomic E-state index is 0.0998. The number of amides is 3. The lowest BCUT2D eigenvalue weighted by Gasteiger charge is -2.31. The fourth-order valence-corrected chi connectivity index (χ4v) is 6.65. The Morgan fingerprint density at radius 3 is 2.35 bits per heavy atom. The van der Waals surface area contributed by atoms with E-state index in [1.54, 1.807) is 26.0 Å². The standard InChI is InChI=1S/C36H47N4O10P/c1-4-7-8-11-30(31(5-2)40(24-41)50-36(44)25-12-14-27(15-13-25)39-18-9-10-19-39)34(42)37-23-38-35(43)33-17-16-32(49-33)26-20-28(48-6-3)22-29(21-26)51(45,46)47/h12-17,20-22,24,30-31H,4-11,18-19,23H2,1-3H3,(H,37,42)(H,38,43)(H2,45,46,47)/t30?,31-/m1/s1. The molecule has 2 atom stereocenters. The summed E-state index contributed by atoms with van der Waals surface area (Å²) in [7, 11) is -4.60. The molecule has 2 aromatic carbocycles. The molecule has 0 saturated carbocycles. The van der Waals surface area contributed by atoms with E-state index in [9.17, 15) is 33.5 Å². The molecule has 0 bridgehead atoms. The Bertz CT molecular complexity index is 1680. The van der Waals surface area contributed by atoms with E-state index in [4.69, 9.17) is 14.0 Å². The number of benzene rings is 2. The summed E-state index contributed by atoms with van der Waals surface area (Å²) in [6.45, 7) is 7.49. The summed E-state index contributed by atoms with van der Waals surface area (Å²) in [6.07, 6.45) is 5.84. The van der Waals surface area contributed by atoms with Gasteiger partial charge in [0.2, 0.25) is 12.3 Å². The summed E-state index contributed by atoms with van der Waals surface area (Å²) in [6, 6.07) is 13.2. The smallest absolute Gasteiger partial charge is 0.363 e. The van der Waals surface area contributed by atoms with Gasteiger partial charge >= 0.3 is 13.6 Å². The van der Waals surface area contributed by atoms with Crippen LogP contribution in [-0.4, -0.2) is 71.5 Å². The number of hydrogen-bond acceptors (Lipinski definition) is 9. The van der Waals surface area contributed by atoms with Crippen molar-refractivity contribution in [1.29, 1.82) is 0 Å². The number of rotatable bonds is 19. The molecule has 276 valence electrons. The number of unbranched alkanes of at least 4 members (excludes halogenated alkanes) is 2. The number of nitrogens with one attached hydrogen (secondary N) is 2. The van der Waals surface area contributed by atoms with E-state index in [2.05, 4.69) is 15.5 Å². The first kappa shape index (κ1) is 39.1. The lowest BCUT2D eigenvalue weighted by molar-refractivity contribution is -0.171. The minimum Gasteiger partial charge on any atom is -0.494 e. The van der Waals surface area contributed by atoms with Gasteiger partial charge in [-0.2, -0.15) is 5.06 Å². The highest BCUT2D eigenvalue weighted by atomic mass is 31.2. The zero-order valence-electron chi connectivity index (χ0n) is 29.2. The molecule has 51 heavy (non-hydrogen) atoms. The Labute approximate surface area is 297 Å². The van der Waals surface area contributed by atoms with Gasteiger partial charge in [0, 0.05) is 24.3 Å². The summed E-state index contributed by atoms with van der Waals surface area (Å²) in [5.41, 5.74) is 1.59. The number of anilines is 1. The van der Waals surface area contributed by atoms with Gasteiger partial charge in [-0.25, -0.2) is 4.79 Å². The fraction of sp³-hybridized carbons (Fsp3) is 0.444. The molecular formula is C36H47N4O10P. The molecule has 3 aromatic rings. The third-order valence-corrected chi connectivity index (χ3v) is 9.63. The molecule has 4 N–H and O–H groups in total. The minimum atomic E-state index is -4.60. The lowest BCUT2D eigenvalue weighted by atomic mass is 9.90. The highest BCUT2D eigenvalue weighted by Gasteiger charge is 2.34. The van der Waals surface area contributed by atoms with Crippen LogP contribution in [-0.2, 0) is 19.0 Å². The Hall–Kier alpha value is -4.65. The quantitative estimate of drug-likeness (QED) is 0.0439. The van der Waals surface area contributed by atoms with E-state index in [-0.39, 0.29) is 41.4 Å². The molecule has 2 heterocycles. The van der Waals surface area contributed by atoms with Crippen LogP contribution < -0.4 is 25.6 Å². The fourth-order valence-electron chi connectivity index (χ4n) is 6.04. The second-order valence-electron chi connectivity index (χ2n) is 12.2. The maximum absolute atomic E-state index is 13.5. The van der Waals surface area contributed by atoms with Gasteiger partial charge in [0.25, 0.3) is 5.91 Å². The summed E-state index contributed by atoms with van der Waals surface area (Å²) >= 11 is 0. The average Bonchev–Trinajstić information content (AvgIpc) is 3.84. The van der Waals surface area contributed by atoms with Crippen molar-refractivity contribution < 1.29 is 47.5 Å². The van der Waals surface area contributed by atoms with Crippen LogP contribution in [0.25, 0.3) is 11.3 Å². The molecular weight excluding hydrogens is 679 g/mol. The van der Waals surface area contributed by atoms with Crippen LogP contribution in [0.15, 0.2) is 59.0 Å². The predicted molar refractivity (Wildman–Crippen MR) is 190 cm³/mol. The molecule has 4 rings (SSSR count). The van der Waals surface area contributed by atoms with E-state index in [1.807, 2.05) is 19.1 Å². The van der Waals surface area contributed by atoms with Crippen molar-refractivity contribution in [1.82, 2.24) is 15.7 Å². The van der Waals surface area contributed by atoms with Crippen molar-refractivity contribution in [2.24, 2.45) is 5.92 Å². The van der Waals surface area contributed by atoms with E-state index >= 15 is 0 Å². The largest absolute Gasteiger partial charge is 0.494 e. The molecule has 0 spiro atoms. The average molecular weight is 727 g/mol. The topological polar surface area (TPSA) is 188 Å². The highest BCUT2D eigenvalue weighted by Crippen LogP contribution is 2.37. The molecule has 1 unspecified atom stereocenters. The first-order valence-electron chi connectivity index (χ1n) is 17.3. The van der Waals surface area contributed by atoms with Gasteiger partial charge in [-0.1, -0.05) is 33.1 Å². The molecule has 1 aromatic heterocycles. The number of carbonyl (C=O) groups is 4. The summed E-state index contributed by atoms with van der Waals surface area (Å²) in [5, 5.41) is 5.93. The van der Waals surface area contributed by atoms with Crippen LogP contribution >= 0.6 is 7.60 Å². The van der Waals surface area contributed by atoms with Crippen LogP contribution in [0.3, 0.4) is 0 Å². The molecule has 0 radical (unpaired) electrons. The van der Waals surface area contributed by atoms with Crippen molar-refractivity contribution in [3.63, 3.8) is 0 Å². The van der Waals surface area contributed by atoms with Crippen LogP contribution in [0.1, 0.15) is 86.6 Å². The van der Waals surface area contributed by atoms with E-state index in [0.717, 1.165) is 49.5 Å². The molecule has 1 fully saturated rings. The molecule has 14 nitrogen and oxygen atoms in total. The maximum Gasteiger partial charge on any atom is 0.363 e. The van der Waals surface area contributed by atoms with Gasteiger partial charge < -0.3 is 39.3 Å². The predicted octanol–water partition coefficient (Wildman–Crippen LogP) is 4.76. The van der Waals surface area contributed by atoms with Crippen LogP contribution in [0.4, 0.5) is 5.69 Å². The van der Waals surface area contributed by atoms with Crippen molar-refractivity contribution in [3.05, 3.63) is 65.9 Å². The second-order valence-corrected chi connectivity index (χ2v) is 13.8. The molecule has 1 aliphatic heterocycles. The van der Waals surface area contributed by atoms with E-state index < -0.39 is 37.3 Å². The Morgan fingerprint density at radius 1 is 1.00 bits per heavy atom. The first-order chi connectivity index (χ1) is 24.5. The van der Waals surface area contributed by atoms with Crippen LogP contribution in [0.5, 0.6) is 5.75 Å². The lowest BCUT2D eigenvalue weighted by Crippen LogP contribution is -2.49. The number of nitrogens with zero attached hydrogens (tertiary/aromatic N) is 2.